The summed E-state index contributed by atoms with van der Waals surface area (Å²) in [6, 6.07) is 21.2. The molecule has 34 heavy (non-hydrogen) atoms. The van der Waals surface area contributed by atoms with Gasteiger partial charge in [0.25, 0.3) is 5.56 Å². The smallest absolute Gasteiger partial charge is 0.281 e. The summed E-state index contributed by atoms with van der Waals surface area (Å²) in [6.07, 6.45) is 2.63. The Morgan fingerprint density at radius 2 is 1.82 bits per heavy atom. The Morgan fingerprint density at radius 3 is 2.68 bits per heavy atom. The average molecular weight is 473 g/mol. The standard InChI is InChI=1S/C26H21FN4O2S/c27-19-7-5-6-17(14-19)16-34-26-29-23-11-4-2-9-21(23)25(33)31(26)30-24(32)13-12-18-15-28-22-10-3-1-8-20(18)22/h1-11,14-15,28H,12-13,16H2,(H,30,32). The number of aromatic amines is 1. The Hall–Kier alpha value is -3.91. The number of carbonyl (C=O) groups is 1. The quantitative estimate of drug-likeness (QED) is 0.258. The van der Waals surface area contributed by atoms with Crippen LogP contribution in [0.25, 0.3) is 21.8 Å². The summed E-state index contributed by atoms with van der Waals surface area (Å²) in [5, 5.41) is 1.83. The van der Waals surface area contributed by atoms with Gasteiger partial charge in [0.2, 0.25) is 5.91 Å². The van der Waals surface area contributed by atoms with E-state index in [-0.39, 0.29) is 23.7 Å². The van der Waals surface area contributed by atoms with Gasteiger partial charge in [-0.25, -0.2) is 9.37 Å². The molecule has 0 atom stereocenters. The van der Waals surface area contributed by atoms with Gasteiger partial charge in [0.05, 0.1) is 10.9 Å². The number of benzene rings is 3. The first kappa shape index (κ1) is 21.9. The van der Waals surface area contributed by atoms with Gasteiger partial charge >= 0.3 is 0 Å². The van der Waals surface area contributed by atoms with Crippen LogP contribution in [-0.2, 0) is 17.0 Å². The Kier molecular flexibility index (Phi) is 6.14. The number of aryl methyl sites for hydroxylation is 1. The van der Waals surface area contributed by atoms with Gasteiger partial charge in [0.1, 0.15) is 5.82 Å². The van der Waals surface area contributed by atoms with E-state index < -0.39 is 0 Å². The van der Waals surface area contributed by atoms with Crippen molar-refractivity contribution in [2.45, 2.75) is 23.8 Å². The van der Waals surface area contributed by atoms with Gasteiger partial charge in [0.15, 0.2) is 5.16 Å². The highest BCUT2D eigenvalue weighted by atomic mass is 32.2. The first-order valence-corrected chi connectivity index (χ1v) is 11.8. The number of hydrogen-bond acceptors (Lipinski definition) is 4. The number of rotatable bonds is 7. The number of para-hydroxylation sites is 2. The number of nitrogens with one attached hydrogen (secondary N) is 2. The zero-order chi connectivity index (χ0) is 23.5. The molecule has 5 aromatic rings. The SMILES string of the molecule is O=C(CCc1c[nH]c2ccccc12)Nn1c(SCc2cccc(F)c2)nc2ccccc2c1=O. The van der Waals surface area contributed by atoms with Crippen LogP contribution in [0.2, 0.25) is 0 Å². The van der Waals surface area contributed by atoms with E-state index in [0.717, 1.165) is 22.0 Å². The van der Waals surface area contributed by atoms with Crippen LogP contribution in [0, 0.1) is 5.82 Å². The molecule has 0 saturated carbocycles. The number of nitrogens with zero attached hydrogens (tertiary/aromatic N) is 2. The summed E-state index contributed by atoms with van der Waals surface area (Å²) >= 11 is 1.26. The highest BCUT2D eigenvalue weighted by Crippen LogP contribution is 2.22. The number of thioether (sulfide) groups is 1. The van der Waals surface area contributed by atoms with Crippen molar-refractivity contribution < 1.29 is 9.18 Å². The lowest BCUT2D eigenvalue weighted by Crippen LogP contribution is -2.35. The van der Waals surface area contributed by atoms with Crippen LogP contribution in [-0.4, -0.2) is 20.6 Å². The lowest BCUT2D eigenvalue weighted by Gasteiger charge is -2.14. The van der Waals surface area contributed by atoms with Crippen molar-refractivity contribution in [3.63, 3.8) is 0 Å². The van der Waals surface area contributed by atoms with E-state index in [0.29, 0.717) is 28.2 Å². The molecule has 5 rings (SSSR count). The second-order valence-corrected chi connectivity index (χ2v) is 8.81. The minimum Gasteiger partial charge on any atom is -0.361 e. The molecule has 2 heterocycles. The summed E-state index contributed by atoms with van der Waals surface area (Å²) in [6.45, 7) is 0. The molecule has 3 aromatic carbocycles. The zero-order valence-corrected chi connectivity index (χ0v) is 18.9. The highest BCUT2D eigenvalue weighted by molar-refractivity contribution is 7.98. The van der Waals surface area contributed by atoms with Crippen LogP contribution in [0.1, 0.15) is 17.5 Å². The van der Waals surface area contributed by atoms with Crippen molar-refractivity contribution in [2.24, 2.45) is 0 Å². The maximum Gasteiger partial charge on any atom is 0.281 e. The molecule has 0 spiro atoms. The third kappa shape index (κ3) is 4.58. The first-order chi connectivity index (χ1) is 16.6. The second-order valence-electron chi connectivity index (χ2n) is 7.87. The topological polar surface area (TPSA) is 79.8 Å². The van der Waals surface area contributed by atoms with E-state index in [9.17, 15) is 14.0 Å². The van der Waals surface area contributed by atoms with E-state index in [2.05, 4.69) is 15.4 Å². The summed E-state index contributed by atoms with van der Waals surface area (Å²) < 4.78 is 14.8. The Labute approximate surface area is 198 Å². The van der Waals surface area contributed by atoms with Crippen LogP contribution in [0.4, 0.5) is 4.39 Å². The Bertz CT molecular complexity index is 1560. The van der Waals surface area contributed by atoms with E-state index in [1.807, 2.05) is 30.5 Å². The van der Waals surface area contributed by atoms with Gasteiger partial charge in [-0.1, -0.05) is 54.2 Å². The minimum atomic E-state index is -0.354. The summed E-state index contributed by atoms with van der Waals surface area (Å²) in [7, 11) is 0. The lowest BCUT2D eigenvalue weighted by atomic mass is 10.1. The van der Waals surface area contributed by atoms with Gasteiger partial charge in [-0.05, 0) is 47.9 Å². The van der Waals surface area contributed by atoms with E-state index in [1.165, 1.54) is 28.6 Å². The molecule has 0 aliphatic carbocycles. The van der Waals surface area contributed by atoms with Gasteiger partial charge in [-0.3, -0.25) is 15.0 Å². The fourth-order valence-electron chi connectivity index (χ4n) is 3.85. The molecule has 0 bridgehead atoms. The zero-order valence-electron chi connectivity index (χ0n) is 18.1. The highest BCUT2D eigenvalue weighted by Gasteiger charge is 2.15. The number of aromatic nitrogens is 3. The maximum absolute atomic E-state index is 13.6. The van der Waals surface area contributed by atoms with Crippen LogP contribution >= 0.6 is 11.8 Å². The van der Waals surface area contributed by atoms with Crippen LogP contribution in [0.3, 0.4) is 0 Å². The number of halogens is 1. The molecule has 6 nitrogen and oxygen atoms in total. The van der Waals surface area contributed by atoms with Gasteiger partial charge in [-0.2, -0.15) is 4.68 Å². The minimum absolute atomic E-state index is 0.203. The van der Waals surface area contributed by atoms with Crippen molar-refractivity contribution in [1.29, 1.82) is 0 Å². The average Bonchev–Trinajstić information content (AvgIpc) is 3.27. The number of hydrogen-bond donors (Lipinski definition) is 2. The summed E-state index contributed by atoms with van der Waals surface area (Å²) in [5.41, 5.74) is 5.72. The molecule has 0 aliphatic rings. The van der Waals surface area contributed by atoms with Crippen LogP contribution in [0.5, 0.6) is 0 Å². The molecule has 0 unspecified atom stereocenters. The number of fused-ring (bicyclic) bond motifs is 2. The van der Waals surface area contributed by atoms with Gasteiger partial charge < -0.3 is 4.98 Å². The number of H-pyrrole nitrogens is 1. The van der Waals surface area contributed by atoms with Crippen LogP contribution < -0.4 is 11.0 Å². The molecule has 2 N–H and O–H groups in total. The third-order valence-electron chi connectivity index (χ3n) is 5.53. The van der Waals surface area contributed by atoms with E-state index >= 15 is 0 Å². The second kappa shape index (κ2) is 9.52. The first-order valence-electron chi connectivity index (χ1n) is 10.8. The molecule has 0 aliphatic heterocycles. The van der Waals surface area contributed by atoms with Crippen molar-refractivity contribution in [3.05, 3.63) is 106 Å². The lowest BCUT2D eigenvalue weighted by molar-refractivity contribution is -0.117. The molecule has 0 radical (unpaired) electrons. The Morgan fingerprint density at radius 1 is 1.03 bits per heavy atom. The molecule has 0 fully saturated rings. The van der Waals surface area contributed by atoms with Crippen LogP contribution in [0.15, 0.2) is 88.9 Å². The predicted octanol–water partition coefficient (Wildman–Crippen LogP) is 5.01. The van der Waals surface area contributed by atoms with Gasteiger partial charge in [0, 0.05) is 29.3 Å². The molecule has 0 saturated heterocycles. The third-order valence-corrected chi connectivity index (χ3v) is 6.54. The molecule has 8 heteroatoms. The number of carbonyl (C=O) groups excluding carboxylic acids is 1. The molecule has 1 amide bonds. The summed E-state index contributed by atoms with van der Waals surface area (Å²) in [4.78, 5) is 33.8. The monoisotopic (exact) mass is 472 g/mol. The van der Waals surface area contributed by atoms with Crippen molar-refractivity contribution in [1.82, 2.24) is 14.6 Å². The fourth-order valence-corrected chi connectivity index (χ4v) is 4.75. The molecule has 170 valence electrons. The van der Waals surface area contributed by atoms with Crippen molar-refractivity contribution in [3.8, 4) is 0 Å². The Balaban J connectivity index is 1.39. The predicted molar refractivity (Wildman–Crippen MR) is 133 cm³/mol. The molecular formula is C26H21FN4O2S. The fraction of sp³-hybridized carbons (Fsp3) is 0.115. The molecule has 2 aromatic heterocycles. The van der Waals surface area contributed by atoms with Gasteiger partial charge in [-0.15, -0.1) is 0 Å². The molecular weight excluding hydrogens is 451 g/mol. The van der Waals surface area contributed by atoms with Crippen molar-refractivity contribution in [2.75, 3.05) is 5.43 Å². The largest absolute Gasteiger partial charge is 0.361 e. The van der Waals surface area contributed by atoms with E-state index in [1.54, 1.807) is 36.4 Å². The summed E-state index contributed by atoms with van der Waals surface area (Å²) in [5.74, 6) is -0.224. The van der Waals surface area contributed by atoms with E-state index in [4.69, 9.17) is 0 Å². The van der Waals surface area contributed by atoms with Crippen molar-refractivity contribution >= 4 is 39.5 Å². The normalized spacial score (nSPS) is 11.2. The maximum atomic E-state index is 13.6. The number of amides is 1.